The van der Waals surface area contributed by atoms with Crippen molar-refractivity contribution in [2.45, 2.75) is 19.9 Å². The molecule has 2 heterocycles. The maximum absolute atomic E-state index is 5.12. The van der Waals surface area contributed by atoms with Gasteiger partial charge in [-0.1, -0.05) is 12.1 Å². The van der Waals surface area contributed by atoms with E-state index in [1.54, 1.807) is 12.4 Å². The maximum atomic E-state index is 5.12. The largest absolute Gasteiger partial charge is 0.342 e. The molecule has 2 aromatic rings. The second-order valence-corrected chi connectivity index (χ2v) is 3.17. The van der Waals surface area contributed by atoms with Crippen molar-refractivity contribution < 1.29 is 4.52 Å². The summed E-state index contributed by atoms with van der Waals surface area (Å²) in [5, 5.41) is 7.04. The standard InChI is InChI=1S/C9H13N5O/c1-3-10-6(2)9-13-8(14-15-9)7-11-4-5-12-7/h4-6,10H,3H2,1-2H3,(H,11,12). The van der Waals surface area contributed by atoms with Crippen LogP contribution in [0.1, 0.15) is 25.8 Å². The number of nitrogens with one attached hydrogen (secondary N) is 2. The molecule has 2 rings (SSSR count). The summed E-state index contributed by atoms with van der Waals surface area (Å²) in [5.41, 5.74) is 0. The first-order valence-electron chi connectivity index (χ1n) is 4.88. The summed E-state index contributed by atoms with van der Waals surface area (Å²) in [6.07, 6.45) is 3.37. The molecule has 0 fully saturated rings. The zero-order chi connectivity index (χ0) is 10.7. The Labute approximate surface area is 87.1 Å². The van der Waals surface area contributed by atoms with E-state index in [1.165, 1.54) is 0 Å². The molecule has 0 aliphatic heterocycles. The molecule has 0 aromatic carbocycles. The smallest absolute Gasteiger partial charge is 0.243 e. The fourth-order valence-electron chi connectivity index (χ4n) is 1.29. The molecular weight excluding hydrogens is 194 g/mol. The molecule has 0 aliphatic rings. The van der Waals surface area contributed by atoms with Gasteiger partial charge >= 0.3 is 0 Å². The first-order chi connectivity index (χ1) is 7.31. The van der Waals surface area contributed by atoms with E-state index < -0.39 is 0 Å². The molecule has 2 N–H and O–H groups in total. The van der Waals surface area contributed by atoms with Gasteiger partial charge in [-0.05, 0) is 13.5 Å². The van der Waals surface area contributed by atoms with E-state index in [9.17, 15) is 0 Å². The van der Waals surface area contributed by atoms with Crippen LogP contribution in [0.5, 0.6) is 0 Å². The van der Waals surface area contributed by atoms with Crippen LogP contribution in [0.15, 0.2) is 16.9 Å². The lowest BCUT2D eigenvalue weighted by Gasteiger charge is -2.04. The SMILES string of the molecule is CCNC(C)c1nc(-c2ncc[nH]2)no1. The van der Waals surface area contributed by atoms with Crippen LogP contribution in [-0.4, -0.2) is 26.7 Å². The molecule has 2 aromatic heterocycles. The molecule has 0 bridgehead atoms. The minimum Gasteiger partial charge on any atom is -0.342 e. The van der Waals surface area contributed by atoms with E-state index in [0.29, 0.717) is 17.5 Å². The molecule has 6 heteroatoms. The van der Waals surface area contributed by atoms with Gasteiger partial charge in [-0.25, -0.2) is 4.98 Å². The third-order valence-corrected chi connectivity index (χ3v) is 2.03. The van der Waals surface area contributed by atoms with Crippen molar-refractivity contribution in [2.75, 3.05) is 6.54 Å². The Morgan fingerprint density at radius 2 is 2.47 bits per heavy atom. The average Bonchev–Trinajstić information content (AvgIpc) is 2.89. The van der Waals surface area contributed by atoms with Crippen LogP contribution >= 0.6 is 0 Å². The molecule has 80 valence electrons. The van der Waals surface area contributed by atoms with Gasteiger partial charge in [0.25, 0.3) is 0 Å². The van der Waals surface area contributed by atoms with Gasteiger partial charge in [-0.2, -0.15) is 4.98 Å². The van der Waals surface area contributed by atoms with Gasteiger partial charge in [0.05, 0.1) is 6.04 Å². The lowest BCUT2D eigenvalue weighted by Crippen LogP contribution is -2.17. The number of imidazole rings is 1. The zero-order valence-electron chi connectivity index (χ0n) is 8.69. The topological polar surface area (TPSA) is 79.6 Å². The number of rotatable bonds is 4. The van der Waals surface area contributed by atoms with Gasteiger partial charge < -0.3 is 14.8 Å². The summed E-state index contributed by atoms with van der Waals surface area (Å²) in [4.78, 5) is 11.2. The highest BCUT2D eigenvalue weighted by atomic mass is 16.5. The van der Waals surface area contributed by atoms with Gasteiger partial charge in [-0.15, -0.1) is 0 Å². The minimum absolute atomic E-state index is 0.0613. The molecule has 0 amide bonds. The van der Waals surface area contributed by atoms with E-state index >= 15 is 0 Å². The van der Waals surface area contributed by atoms with Crippen molar-refractivity contribution in [2.24, 2.45) is 0 Å². The van der Waals surface area contributed by atoms with Crippen molar-refractivity contribution >= 4 is 0 Å². The number of aromatic nitrogens is 4. The number of H-pyrrole nitrogens is 1. The second kappa shape index (κ2) is 4.22. The number of aromatic amines is 1. The quantitative estimate of drug-likeness (QED) is 0.785. The van der Waals surface area contributed by atoms with Crippen LogP contribution in [0.4, 0.5) is 0 Å². The van der Waals surface area contributed by atoms with Crippen LogP contribution in [0.3, 0.4) is 0 Å². The van der Waals surface area contributed by atoms with Crippen LogP contribution in [0.25, 0.3) is 11.6 Å². The lowest BCUT2D eigenvalue weighted by molar-refractivity contribution is 0.342. The molecule has 6 nitrogen and oxygen atoms in total. The van der Waals surface area contributed by atoms with Crippen molar-refractivity contribution in [3.05, 3.63) is 18.3 Å². The van der Waals surface area contributed by atoms with Gasteiger partial charge in [0.2, 0.25) is 11.7 Å². The monoisotopic (exact) mass is 207 g/mol. The van der Waals surface area contributed by atoms with Crippen molar-refractivity contribution in [3.8, 4) is 11.6 Å². The predicted molar refractivity (Wildman–Crippen MR) is 54.0 cm³/mol. The Morgan fingerprint density at radius 1 is 1.60 bits per heavy atom. The number of hydrogen-bond acceptors (Lipinski definition) is 5. The first-order valence-corrected chi connectivity index (χ1v) is 4.88. The summed E-state index contributed by atoms with van der Waals surface area (Å²) in [6, 6.07) is 0.0613. The molecule has 0 aliphatic carbocycles. The molecule has 1 atom stereocenters. The molecule has 0 saturated carbocycles. The van der Waals surface area contributed by atoms with Gasteiger partial charge in [0, 0.05) is 12.4 Å². The van der Waals surface area contributed by atoms with Crippen molar-refractivity contribution in [1.82, 2.24) is 25.4 Å². The fourth-order valence-corrected chi connectivity index (χ4v) is 1.29. The van der Waals surface area contributed by atoms with Gasteiger partial charge in [-0.3, -0.25) is 0 Å². The normalized spacial score (nSPS) is 12.9. The summed E-state index contributed by atoms with van der Waals surface area (Å²) in [7, 11) is 0. The second-order valence-electron chi connectivity index (χ2n) is 3.17. The van der Waals surface area contributed by atoms with Crippen molar-refractivity contribution in [1.29, 1.82) is 0 Å². The minimum atomic E-state index is 0.0613. The fraction of sp³-hybridized carbons (Fsp3) is 0.444. The predicted octanol–water partition coefficient (Wildman–Crippen LogP) is 1.13. The summed E-state index contributed by atoms with van der Waals surface area (Å²) >= 11 is 0. The van der Waals surface area contributed by atoms with Crippen LogP contribution in [0, 0.1) is 0 Å². The van der Waals surface area contributed by atoms with E-state index in [4.69, 9.17) is 4.52 Å². The third kappa shape index (κ3) is 2.04. The lowest BCUT2D eigenvalue weighted by atomic mass is 10.3. The molecular formula is C9H13N5O. The summed E-state index contributed by atoms with van der Waals surface area (Å²) in [6.45, 7) is 4.86. The molecule has 0 saturated heterocycles. The van der Waals surface area contributed by atoms with Crippen molar-refractivity contribution in [3.63, 3.8) is 0 Å². The van der Waals surface area contributed by atoms with E-state index in [2.05, 4.69) is 25.4 Å². The Bertz CT molecular complexity index is 408. The average molecular weight is 207 g/mol. The van der Waals surface area contributed by atoms with Crippen LogP contribution in [-0.2, 0) is 0 Å². The Morgan fingerprint density at radius 3 is 3.13 bits per heavy atom. The van der Waals surface area contributed by atoms with Crippen LogP contribution in [0.2, 0.25) is 0 Å². The van der Waals surface area contributed by atoms with Gasteiger partial charge in [0.1, 0.15) is 0 Å². The summed E-state index contributed by atoms with van der Waals surface area (Å²) < 4.78 is 5.12. The zero-order valence-corrected chi connectivity index (χ0v) is 8.69. The molecule has 0 spiro atoms. The van der Waals surface area contributed by atoms with Crippen LogP contribution < -0.4 is 5.32 Å². The molecule has 1 unspecified atom stereocenters. The molecule has 15 heavy (non-hydrogen) atoms. The Hall–Kier alpha value is -1.69. The summed E-state index contributed by atoms with van der Waals surface area (Å²) in [5.74, 6) is 1.68. The Balaban J connectivity index is 2.17. The first kappa shape index (κ1) is 9.85. The third-order valence-electron chi connectivity index (χ3n) is 2.03. The highest BCUT2D eigenvalue weighted by molar-refractivity contribution is 5.40. The molecule has 0 radical (unpaired) electrons. The Kier molecular flexibility index (Phi) is 2.77. The highest BCUT2D eigenvalue weighted by Crippen LogP contribution is 2.14. The highest BCUT2D eigenvalue weighted by Gasteiger charge is 2.14. The van der Waals surface area contributed by atoms with E-state index in [1.807, 2.05) is 13.8 Å². The van der Waals surface area contributed by atoms with E-state index in [0.717, 1.165) is 6.54 Å². The van der Waals surface area contributed by atoms with E-state index in [-0.39, 0.29) is 6.04 Å². The maximum Gasteiger partial charge on any atom is 0.243 e. The number of hydrogen-bond donors (Lipinski definition) is 2. The van der Waals surface area contributed by atoms with Gasteiger partial charge in [0.15, 0.2) is 5.82 Å². The number of nitrogens with zero attached hydrogens (tertiary/aromatic N) is 3.